The molecule has 0 bridgehead atoms. The Hall–Kier alpha value is -5.75. The Morgan fingerprint density at radius 3 is 1.75 bits per heavy atom. The third-order valence-corrected chi connectivity index (χ3v) is 13.2. The Kier molecular flexibility index (Phi) is 19.8. The van der Waals surface area contributed by atoms with Crippen LogP contribution in [0.15, 0.2) is 104 Å². The summed E-state index contributed by atoms with van der Waals surface area (Å²) >= 11 is 0. The number of anilines is 1. The van der Waals surface area contributed by atoms with E-state index in [4.69, 9.17) is 33.7 Å². The molecule has 0 saturated carbocycles. The van der Waals surface area contributed by atoms with Crippen LogP contribution in [0, 0.1) is 0 Å². The first-order valence-electron chi connectivity index (χ1n) is 25.3. The number of ether oxygens (including phenoxy) is 5. The van der Waals surface area contributed by atoms with Crippen LogP contribution < -0.4 is 10.1 Å². The van der Waals surface area contributed by atoms with Crippen molar-refractivity contribution in [2.75, 3.05) is 19.0 Å². The fraction of sp³-hybridized carbons (Fsp3) is 0.518. The summed E-state index contributed by atoms with van der Waals surface area (Å²) in [6.07, 6.45) is 15.4. The highest BCUT2D eigenvalue weighted by Gasteiger charge is 2.60. The van der Waals surface area contributed by atoms with Gasteiger partial charge in [0.15, 0.2) is 17.9 Å². The summed E-state index contributed by atoms with van der Waals surface area (Å²) < 4.78 is 33.0. The van der Waals surface area contributed by atoms with E-state index in [1.165, 1.54) is 6.33 Å². The van der Waals surface area contributed by atoms with Gasteiger partial charge in [0.2, 0.25) is 0 Å². The number of carbonyl (C=O) groups excluding carboxylic acids is 3. The van der Waals surface area contributed by atoms with Crippen LogP contribution in [0.1, 0.15) is 166 Å². The summed E-state index contributed by atoms with van der Waals surface area (Å²) in [5.74, 6) is 0.0662. The van der Waals surface area contributed by atoms with Crippen molar-refractivity contribution in [1.29, 1.82) is 0 Å². The topological polar surface area (TPSA) is 140 Å². The van der Waals surface area contributed by atoms with Crippen LogP contribution >= 0.6 is 0 Å². The SMILES string of the molecule is CCCCCCCC(=O)OC[C@H]1O[C@@H](n2ccc3c(NC(c4ccccc4)(c4ccccc4)c4ccc(OC)cc4)ncnc32)[C@](C)(OC(=O)CCCCCCC)[C@@H]1OC(=O)CCCCCCC. The monoisotopic (exact) mass is 931 g/mol. The lowest BCUT2D eigenvalue weighted by Crippen LogP contribution is -2.50. The molecule has 1 N–H and O–H groups in total. The van der Waals surface area contributed by atoms with Crippen LogP contribution in [0.4, 0.5) is 5.82 Å². The largest absolute Gasteiger partial charge is 0.497 e. The van der Waals surface area contributed by atoms with Crippen molar-refractivity contribution in [3.63, 3.8) is 0 Å². The van der Waals surface area contributed by atoms with E-state index >= 15 is 0 Å². The van der Waals surface area contributed by atoms with E-state index in [-0.39, 0.29) is 31.8 Å². The van der Waals surface area contributed by atoms with Crippen molar-refractivity contribution in [2.24, 2.45) is 0 Å². The average molecular weight is 931 g/mol. The molecular formula is C56H74N4O8. The van der Waals surface area contributed by atoms with E-state index in [9.17, 15) is 14.4 Å². The van der Waals surface area contributed by atoms with E-state index in [2.05, 4.69) is 62.5 Å². The Morgan fingerprint density at radius 1 is 0.662 bits per heavy atom. The number of unbranched alkanes of at least 4 members (excludes halogenated alkanes) is 12. The number of hydrogen-bond acceptors (Lipinski definition) is 11. The molecule has 5 aromatic rings. The molecule has 2 aromatic heterocycles. The highest BCUT2D eigenvalue weighted by molar-refractivity contribution is 5.88. The second kappa shape index (κ2) is 26.1. The van der Waals surface area contributed by atoms with Crippen molar-refractivity contribution in [3.05, 3.63) is 120 Å². The van der Waals surface area contributed by atoms with Crippen molar-refractivity contribution >= 4 is 34.8 Å². The van der Waals surface area contributed by atoms with Gasteiger partial charge in [-0.1, -0.05) is 171 Å². The molecule has 0 radical (unpaired) electrons. The normalized spacial score (nSPS) is 18.0. The Balaban J connectivity index is 1.40. The van der Waals surface area contributed by atoms with Gasteiger partial charge < -0.3 is 33.6 Å². The van der Waals surface area contributed by atoms with Crippen molar-refractivity contribution in [2.45, 2.75) is 173 Å². The van der Waals surface area contributed by atoms with E-state index in [1.54, 1.807) is 14.0 Å². The van der Waals surface area contributed by atoms with Gasteiger partial charge in [-0.3, -0.25) is 14.4 Å². The van der Waals surface area contributed by atoms with Gasteiger partial charge in [-0.05, 0) is 61.1 Å². The molecule has 1 aliphatic rings. The van der Waals surface area contributed by atoms with Gasteiger partial charge in [0.05, 0.1) is 12.5 Å². The molecule has 6 rings (SSSR count). The summed E-state index contributed by atoms with van der Waals surface area (Å²) in [4.78, 5) is 50.7. The Bertz CT molecular complexity index is 2260. The smallest absolute Gasteiger partial charge is 0.306 e. The molecule has 0 spiro atoms. The Labute approximate surface area is 403 Å². The third kappa shape index (κ3) is 13.1. The van der Waals surface area contributed by atoms with Crippen molar-refractivity contribution in [3.8, 4) is 5.75 Å². The summed E-state index contributed by atoms with van der Waals surface area (Å²) in [6, 6.07) is 30.4. The third-order valence-electron chi connectivity index (χ3n) is 13.2. The molecule has 12 heteroatoms. The summed E-state index contributed by atoms with van der Waals surface area (Å²) in [6.45, 7) is 8.03. The number of hydrogen-bond donors (Lipinski definition) is 1. The number of aromatic nitrogens is 3. The number of benzene rings is 3. The predicted molar refractivity (Wildman–Crippen MR) is 266 cm³/mol. The summed E-state index contributed by atoms with van der Waals surface area (Å²) in [7, 11) is 1.65. The summed E-state index contributed by atoms with van der Waals surface area (Å²) in [5.41, 5.74) is 0.896. The number of esters is 3. The average Bonchev–Trinajstić information content (AvgIpc) is 3.90. The fourth-order valence-corrected chi connectivity index (χ4v) is 9.39. The minimum absolute atomic E-state index is 0.191. The maximum Gasteiger partial charge on any atom is 0.306 e. The molecule has 0 unspecified atom stereocenters. The molecule has 1 saturated heterocycles. The van der Waals surface area contributed by atoms with Crippen LogP contribution in [0.25, 0.3) is 11.0 Å². The van der Waals surface area contributed by atoms with E-state index in [1.807, 2.05) is 65.4 Å². The van der Waals surface area contributed by atoms with Gasteiger partial charge in [-0.2, -0.15) is 0 Å². The zero-order valence-corrected chi connectivity index (χ0v) is 41.1. The van der Waals surface area contributed by atoms with Gasteiger partial charge in [0, 0.05) is 25.5 Å². The highest BCUT2D eigenvalue weighted by atomic mass is 16.7. The molecule has 4 atom stereocenters. The molecule has 1 fully saturated rings. The second-order valence-electron chi connectivity index (χ2n) is 18.3. The van der Waals surface area contributed by atoms with E-state index < -0.39 is 41.5 Å². The van der Waals surface area contributed by atoms with Crippen molar-refractivity contribution in [1.82, 2.24) is 14.5 Å². The van der Waals surface area contributed by atoms with Gasteiger partial charge in [-0.15, -0.1) is 0 Å². The number of rotatable bonds is 29. The van der Waals surface area contributed by atoms with Crippen LogP contribution in [0.2, 0.25) is 0 Å². The predicted octanol–water partition coefficient (Wildman–Crippen LogP) is 12.6. The molecular weight excluding hydrogens is 857 g/mol. The fourth-order valence-electron chi connectivity index (χ4n) is 9.39. The number of carbonyl (C=O) groups is 3. The number of nitrogens with one attached hydrogen (secondary N) is 1. The van der Waals surface area contributed by atoms with Crippen LogP contribution in [-0.2, 0) is 38.9 Å². The first kappa shape index (κ1) is 51.6. The van der Waals surface area contributed by atoms with Gasteiger partial charge in [0.1, 0.15) is 41.8 Å². The standard InChI is InChI=1S/C56H74N4O8/c1-6-9-12-15-24-31-48(61)65-40-47-51(67-49(62)32-25-16-13-10-7-2)55(4,68-50(63)33-26-17-14-11-8-3)54(66-47)60-39-38-46-52(57-41-58-53(46)60)59-56(42-27-20-18-21-28-42,43-29-22-19-23-30-43)44-34-36-45(64-5)37-35-44/h18-23,27-30,34-39,41,47,51,54H,6-17,24-26,31-33,40H2,1-5H3,(H,57,58,59)/t47-,51-,54-,55-/m1/s1. The zero-order valence-electron chi connectivity index (χ0n) is 41.1. The Morgan fingerprint density at radius 2 is 1.19 bits per heavy atom. The maximum absolute atomic E-state index is 14.0. The second-order valence-corrected chi connectivity index (χ2v) is 18.3. The molecule has 1 aliphatic heterocycles. The van der Waals surface area contributed by atoms with Crippen LogP contribution in [0.3, 0.4) is 0 Å². The lowest BCUT2D eigenvalue weighted by Gasteiger charge is -2.37. The van der Waals surface area contributed by atoms with Crippen LogP contribution in [0.5, 0.6) is 5.75 Å². The first-order chi connectivity index (χ1) is 33.2. The zero-order chi connectivity index (χ0) is 48.2. The van der Waals surface area contributed by atoms with E-state index in [0.29, 0.717) is 29.7 Å². The maximum atomic E-state index is 14.0. The van der Waals surface area contributed by atoms with Crippen molar-refractivity contribution < 1.29 is 38.1 Å². The molecule has 0 aliphatic carbocycles. The minimum Gasteiger partial charge on any atom is -0.497 e. The molecule has 3 heterocycles. The number of methoxy groups -OCH3 is 1. The molecule has 0 amide bonds. The molecule has 68 heavy (non-hydrogen) atoms. The van der Waals surface area contributed by atoms with Crippen LogP contribution in [-0.4, -0.2) is 64.0 Å². The van der Waals surface area contributed by atoms with E-state index in [0.717, 1.165) is 106 Å². The minimum atomic E-state index is -1.55. The van der Waals surface area contributed by atoms with Gasteiger partial charge >= 0.3 is 17.9 Å². The lowest BCUT2D eigenvalue weighted by atomic mass is 9.77. The van der Waals surface area contributed by atoms with Gasteiger partial charge in [-0.25, -0.2) is 9.97 Å². The quantitative estimate of drug-likeness (QED) is 0.0212. The number of nitrogens with zero attached hydrogens (tertiary/aromatic N) is 3. The molecule has 366 valence electrons. The first-order valence-corrected chi connectivity index (χ1v) is 25.3. The van der Waals surface area contributed by atoms with Gasteiger partial charge in [0.25, 0.3) is 0 Å². The molecule has 12 nitrogen and oxygen atoms in total. The summed E-state index contributed by atoms with van der Waals surface area (Å²) in [5, 5.41) is 4.56. The molecule has 3 aromatic carbocycles. The number of fused-ring (bicyclic) bond motifs is 1. The highest BCUT2D eigenvalue weighted by Crippen LogP contribution is 2.46. The lowest BCUT2D eigenvalue weighted by molar-refractivity contribution is -0.187.